The van der Waals surface area contributed by atoms with Crippen molar-refractivity contribution >= 4 is 44.6 Å². The third-order valence-corrected chi connectivity index (χ3v) is 4.50. The summed E-state index contributed by atoms with van der Waals surface area (Å²) in [4.78, 5) is 13.4. The Bertz CT molecular complexity index is 605. The fourth-order valence-corrected chi connectivity index (χ4v) is 3.33. The number of nitrogens with zero attached hydrogens (tertiary/aromatic N) is 1. The molecular weight excluding hydrogens is 355 g/mol. The second-order valence-corrected chi connectivity index (χ2v) is 6.43. The van der Waals surface area contributed by atoms with Crippen molar-refractivity contribution in [1.29, 1.82) is 0 Å². The van der Waals surface area contributed by atoms with Crippen molar-refractivity contribution in [2.24, 2.45) is 0 Å². The Morgan fingerprint density at radius 2 is 2.11 bits per heavy atom. The summed E-state index contributed by atoms with van der Waals surface area (Å²) in [6.07, 6.45) is -4.77. The molecule has 0 atom stereocenters. The van der Waals surface area contributed by atoms with E-state index in [1.165, 1.54) is 11.3 Å². The normalized spacial score (nSPS) is 11.8. The van der Waals surface area contributed by atoms with Crippen LogP contribution in [0.5, 0.6) is 0 Å². The number of hydrogen-bond acceptors (Lipinski definition) is 4. The Kier molecular flexibility index (Phi) is 3.47. The van der Waals surface area contributed by atoms with Crippen LogP contribution in [0.4, 0.5) is 13.2 Å². The van der Waals surface area contributed by atoms with Crippen LogP contribution in [0.1, 0.15) is 15.4 Å². The number of carboxylic acid groups (broad SMARTS) is 1. The molecule has 0 saturated carbocycles. The lowest BCUT2D eigenvalue weighted by Gasteiger charge is -2.02. The molecule has 0 saturated heterocycles. The number of alkyl halides is 3. The summed E-state index contributed by atoms with van der Waals surface area (Å²) in [6, 6.07) is 1.59. The van der Waals surface area contributed by atoms with Crippen LogP contribution in [-0.4, -0.2) is 16.1 Å². The van der Waals surface area contributed by atoms with Gasteiger partial charge in [0.1, 0.15) is 9.88 Å². The van der Waals surface area contributed by atoms with Crippen LogP contribution in [0.15, 0.2) is 15.2 Å². The molecule has 1 N–H and O–H groups in total. The van der Waals surface area contributed by atoms with Crippen molar-refractivity contribution in [3.63, 3.8) is 0 Å². The van der Waals surface area contributed by atoms with Crippen molar-refractivity contribution in [3.8, 4) is 10.6 Å². The molecule has 2 aromatic rings. The molecule has 3 nitrogen and oxygen atoms in total. The summed E-state index contributed by atoms with van der Waals surface area (Å²) in [5.41, 5.74) is -0.882. The van der Waals surface area contributed by atoms with Crippen molar-refractivity contribution in [2.75, 3.05) is 0 Å². The highest BCUT2D eigenvalue weighted by atomic mass is 79.9. The first-order valence-corrected chi connectivity index (χ1v) is 6.83. The molecule has 2 rings (SSSR count). The summed E-state index contributed by atoms with van der Waals surface area (Å²) in [7, 11) is 0. The van der Waals surface area contributed by atoms with Crippen LogP contribution in [0.2, 0.25) is 0 Å². The number of carboxylic acids is 1. The van der Waals surface area contributed by atoms with E-state index in [2.05, 4.69) is 20.9 Å². The van der Waals surface area contributed by atoms with E-state index in [0.29, 0.717) is 16.9 Å². The van der Waals surface area contributed by atoms with Gasteiger partial charge in [-0.3, -0.25) is 0 Å². The second-order valence-electron chi connectivity index (χ2n) is 3.14. The Morgan fingerprint density at radius 3 is 2.50 bits per heavy atom. The standard InChI is InChI=1S/C9H3BrF3NO2S2/c10-4-1-3(2-17-4)7-14-6(9(11,12)13)5(18-7)8(15)16/h1-2H,(H,15,16). The maximum Gasteiger partial charge on any atom is 0.435 e. The summed E-state index contributed by atoms with van der Waals surface area (Å²) in [5.74, 6) is -1.62. The fraction of sp³-hybridized carbons (Fsp3) is 0.111. The third-order valence-electron chi connectivity index (χ3n) is 1.90. The first-order chi connectivity index (χ1) is 8.29. The van der Waals surface area contributed by atoms with E-state index in [-0.39, 0.29) is 5.01 Å². The Morgan fingerprint density at radius 1 is 1.44 bits per heavy atom. The highest BCUT2D eigenvalue weighted by molar-refractivity contribution is 9.11. The van der Waals surface area contributed by atoms with Crippen molar-refractivity contribution in [3.05, 3.63) is 25.8 Å². The highest BCUT2D eigenvalue weighted by Crippen LogP contribution is 2.39. The molecule has 0 aliphatic rings. The number of thiazole rings is 1. The fourth-order valence-electron chi connectivity index (χ4n) is 1.20. The molecule has 0 bridgehead atoms. The number of carbonyl (C=O) groups is 1. The smallest absolute Gasteiger partial charge is 0.435 e. The van der Waals surface area contributed by atoms with Gasteiger partial charge in [0.25, 0.3) is 0 Å². The number of aromatic carboxylic acids is 1. The van der Waals surface area contributed by atoms with E-state index in [1.54, 1.807) is 11.4 Å². The van der Waals surface area contributed by atoms with E-state index in [4.69, 9.17) is 5.11 Å². The molecule has 0 spiro atoms. The molecular formula is C9H3BrF3NO2S2. The number of thiophene rings is 1. The van der Waals surface area contributed by atoms with Gasteiger partial charge in [0.15, 0.2) is 5.69 Å². The first-order valence-electron chi connectivity index (χ1n) is 4.34. The van der Waals surface area contributed by atoms with Gasteiger partial charge in [-0.1, -0.05) is 0 Å². The molecule has 0 aliphatic carbocycles. The van der Waals surface area contributed by atoms with Gasteiger partial charge in [0.2, 0.25) is 0 Å². The zero-order valence-electron chi connectivity index (χ0n) is 8.29. The minimum absolute atomic E-state index is 0.0432. The number of rotatable bonds is 2. The van der Waals surface area contributed by atoms with Gasteiger partial charge < -0.3 is 5.11 Å². The largest absolute Gasteiger partial charge is 0.477 e. The average Bonchev–Trinajstić information content (AvgIpc) is 2.81. The van der Waals surface area contributed by atoms with E-state index in [0.717, 1.165) is 3.79 Å². The summed E-state index contributed by atoms with van der Waals surface area (Å²) >= 11 is 4.98. The molecule has 18 heavy (non-hydrogen) atoms. The molecule has 2 aromatic heterocycles. The van der Waals surface area contributed by atoms with Crippen LogP contribution in [0.25, 0.3) is 10.6 Å². The SMILES string of the molecule is O=C(O)c1sc(-c2csc(Br)c2)nc1C(F)(F)F. The maximum absolute atomic E-state index is 12.6. The lowest BCUT2D eigenvalue weighted by atomic mass is 10.3. The molecule has 0 aliphatic heterocycles. The van der Waals surface area contributed by atoms with Gasteiger partial charge in [-0.2, -0.15) is 13.2 Å². The van der Waals surface area contributed by atoms with Crippen LogP contribution in [0, 0.1) is 0 Å². The number of halogens is 4. The Hall–Kier alpha value is -0.930. The van der Waals surface area contributed by atoms with Crippen LogP contribution >= 0.6 is 38.6 Å². The highest BCUT2D eigenvalue weighted by Gasteiger charge is 2.39. The van der Waals surface area contributed by atoms with Crippen LogP contribution < -0.4 is 0 Å². The average molecular weight is 358 g/mol. The predicted molar refractivity (Wildman–Crippen MR) is 65.1 cm³/mol. The lowest BCUT2D eigenvalue weighted by Crippen LogP contribution is -2.11. The van der Waals surface area contributed by atoms with Gasteiger partial charge in [0, 0.05) is 10.9 Å². The molecule has 0 amide bonds. The minimum Gasteiger partial charge on any atom is -0.477 e. The van der Waals surface area contributed by atoms with Gasteiger partial charge in [-0.15, -0.1) is 22.7 Å². The van der Waals surface area contributed by atoms with Gasteiger partial charge in [-0.25, -0.2) is 9.78 Å². The molecule has 9 heteroatoms. The van der Waals surface area contributed by atoms with Crippen molar-refractivity contribution in [2.45, 2.75) is 6.18 Å². The first kappa shape index (κ1) is 13.5. The third kappa shape index (κ3) is 2.57. The van der Waals surface area contributed by atoms with Crippen molar-refractivity contribution < 1.29 is 23.1 Å². The quantitative estimate of drug-likeness (QED) is 0.868. The summed E-state index contributed by atoms with van der Waals surface area (Å²) in [6.45, 7) is 0. The van der Waals surface area contributed by atoms with E-state index in [9.17, 15) is 18.0 Å². The molecule has 0 fully saturated rings. The monoisotopic (exact) mass is 357 g/mol. The Balaban J connectivity index is 2.56. The minimum atomic E-state index is -4.77. The number of aromatic nitrogens is 1. The Labute approximate surface area is 115 Å². The maximum atomic E-state index is 12.6. The number of hydrogen-bond donors (Lipinski definition) is 1. The molecule has 2 heterocycles. The summed E-state index contributed by atoms with van der Waals surface area (Å²) < 4.78 is 38.6. The predicted octanol–water partition coefficient (Wildman–Crippen LogP) is 4.35. The summed E-state index contributed by atoms with van der Waals surface area (Å²) in [5, 5.41) is 10.4. The zero-order chi connectivity index (χ0) is 13.5. The van der Waals surface area contributed by atoms with E-state index < -0.39 is 22.7 Å². The van der Waals surface area contributed by atoms with Gasteiger partial charge >= 0.3 is 12.1 Å². The molecule has 0 radical (unpaired) electrons. The molecule has 96 valence electrons. The topological polar surface area (TPSA) is 50.2 Å². The molecule has 0 unspecified atom stereocenters. The van der Waals surface area contributed by atoms with Crippen LogP contribution in [0.3, 0.4) is 0 Å². The lowest BCUT2D eigenvalue weighted by molar-refractivity contribution is -0.141. The van der Waals surface area contributed by atoms with Crippen molar-refractivity contribution in [1.82, 2.24) is 4.98 Å². The molecule has 0 aromatic carbocycles. The van der Waals surface area contributed by atoms with Gasteiger partial charge in [-0.05, 0) is 22.0 Å². The van der Waals surface area contributed by atoms with Crippen LogP contribution in [-0.2, 0) is 6.18 Å². The van der Waals surface area contributed by atoms with E-state index >= 15 is 0 Å². The zero-order valence-corrected chi connectivity index (χ0v) is 11.5. The van der Waals surface area contributed by atoms with E-state index in [1.807, 2.05) is 0 Å². The van der Waals surface area contributed by atoms with Gasteiger partial charge in [0.05, 0.1) is 3.79 Å². The second kappa shape index (κ2) is 4.63.